The van der Waals surface area contributed by atoms with Gasteiger partial charge in [-0.2, -0.15) is 0 Å². The van der Waals surface area contributed by atoms with Crippen LogP contribution in [0.2, 0.25) is 10.0 Å². The van der Waals surface area contributed by atoms with Crippen molar-refractivity contribution in [3.63, 3.8) is 0 Å². The maximum absolute atomic E-state index is 11.8. The average Bonchev–Trinajstić information content (AvgIpc) is 3.01. The first-order valence-electron chi connectivity index (χ1n) is 6.91. The SMILES string of the molecule is COC(=O)c1cnc(NC(=O)CCCOc2ccc(Cl)cc2Cl)s1. The highest BCUT2D eigenvalue weighted by molar-refractivity contribution is 7.17. The van der Waals surface area contributed by atoms with Gasteiger partial charge in [0.25, 0.3) is 0 Å². The monoisotopic (exact) mass is 388 g/mol. The maximum atomic E-state index is 11.8. The molecule has 0 bridgehead atoms. The first-order valence-corrected chi connectivity index (χ1v) is 8.48. The zero-order chi connectivity index (χ0) is 17.5. The van der Waals surface area contributed by atoms with Crippen LogP contribution < -0.4 is 10.1 Å². The van der Waals surface area contributed by atoms with Crippen molar-refractivity contribution >= 4 is 51.5 Å². The molecule has 1 aromatic carbocycles. The summed E-state index contributed by atoms with van der Waals surface area (Å²) < 4.78 is 10.1. The largest absolute Gasteiger partial charge is 0.492 e. The van der Waals surface area contributed by atoms with Crippen LogP contribution in [0.15, 0.2) is 24.4 Å². The molecule has 128 valence electrons. The summed E-state index contributed by atoms with van der Waals surface area (Å²) in [4.78, 5) is 27.4. The summed E-state index contributed by atoms with van der Waals surface area (Å²) in [5, 5.41) is 3.92. The Kier molecular flexibility index (Phi) is 6.84. The number of thiazole rings is 1. The smallest absolute Gasteiger partial charge is 0.349 e. The Morgan fingerprint density at radius 2 is 2.12 bits per heavy atom. The lowest BCUT2D eigenvalue weighted by Gasteiger charge is -2.08. The van der Waals surface area contributed by atoms with Gasteiger partial charge in [-0.25, -0.2) is 9.78 Å². The normalized spacial score (nSPS) is 10.3. The summed E-state index contributed by atoms with van der Waals surface area (Å²) in [5.41, 5.74) is 0. The summed E-state index contributed by atoms with van der Waals surface area (Å²) >= 11 is 12.8. The first-order chi connectivity index (χ1) is 11.5. The Hall–Kier alpha value is -1.83. The van der Waals surface area contributed by atoms with Gasteiger partial charge >= 0.3 is 5.97 Å². The van der Waals surface area contributed by atoms with Gasteiger partial charge in [-0.05, 0) is 24.6 Å². The molecule has 0 atom stereocenters. The lowest BCUT2D eigenvalue weighted by Crippen LogP contribution is -2.12. The molecule has 1 amide bonds. The number of hydrogen-bond acceptors (Lipinski definition) is 6. The van der Waals surface area contributed by atoms with Gasteiger partial charge in [-0.1, -0.05) is 34.5 Å². The summed E-state index contributed by atoms with van der Waals surface area (Å²) in [6.45, 7) is 0.333. The van der Waals surface area contributed by atoms with Crippen molar-refractivity contribution in [2.45, 2.75) is 12.8 Å². The van der Waals surface area contributed by atoms with Crippen molar-refractivity contribution in [2.24, 2.45) is 0 Å². The van der Waals surface area contributed by atoms with E-state index in [1.54, 1.807) is 18.2 Å². The van der Waals surface area contributed by atoms with Gasteiger partial charge < -0.3 is 14.8 Å². The van der Waals surface area contributed by atoms with Crippen molar-refractivity contribution in [2.75, 3.05) is 19.0 Å². The average molecular weight is 389 g/mol. The van der Waals surface area contributed by atoms with E-state index in [9.17, 15) is 9.59 Å². The van der Waals surface area contributed by atoms with Gasteiger partial charge in [0.1, 0.15) is 10.6 Å². The second-order valence-electron chi connectivity index (χ2n) is 4.60. The van der Waals surface area contributed by atoms with Crippen molar-refractivity contribution < 1.29 is 19.1 Å². The minimum absolute atomic E-state index is 0.216. The fourth-order valence-corrected chi connectivity index (χ4v) is 2.93. The molecule has 0 radical (unpaired) electrons. The molecule has 24 heavy (non-hydrogen) atoms. The zero-order valence-electron chi connectivity index (χ0n) is 12.7. The number of benzene rings is 1. The standard InChI is InChI=1S/C15H14Cl2N2O4S/c1-22-14(21)12-8-18-15(24-12)19-13(20)3-2-6-23-11-5-4-9(16)7-10(11)17/h4-5,7-8H,2-3,6H2,1H3,(H,18,19,20). The number of carbonyl (C=O) groups is 2. The molecule has 6 nitrogen and oxygen atoms in total. The van der Waals surface area contributed by atoms with Crippen molar-refractivity contribution in [3.05, 3.63) is 39.3 Å². The van der Waals surface area contributed by atoms with Crippen LogP contribution in [0.5, 0.6) is 5.75 Å². The lowest BCUT2D eigenvalue weighted by molar-refractivity contribution is -0.116. The van der Waals surface area contributed by atoms with E-state index in [-0.39, 0.29) is 12.3 Å². The number of ether oxygens (including phenoxy) is 2. The highest BCUT2D eigenvalue weighted by Gasteiger charge is 2.12. The van der Waals surface area contributed by atoms with Crippen molar-refractivity contribution in [1.82, 2.24) is 4.98 Å². The summed E-state index contributed by atoms with van der Waals surface area (Å²) in [7, 11) is 1.28. The number of rotatable bonds is 7. The molecule has 0 aliphatic carbocycles. The second-order valence-corrected chi connectivity index (χ2v) is 6.47. The van der Waals surface area contributed by atoms with Crippen LogP contribution in [0.1, 0.15) is 22.5 Å². The van der Waals surface area contributed by atoms with Crippen LogP contribution in [-0.4, -0.2) is 30.6 Å². The number of esters is 1. The summed E-state index contributed by atoms with van der Waals surface area (Å²) in [6.07, 6.45) is 2.11. The van der Waals surface area contributed by atoms with Crippen LogP contribution in [-0.2, 0) is 9.53 Å². The minimum Gasteiger partial charge on any atom is -0.492 e. The van der Waals surface area contributed by atoms with Gasteiger partial charge in [-0.3, -0.25) is 4.79 Å². The van der Waals surface area contributed by atoms with Crippen LogP contribution in [0.4, 0.5) is 5.13 Å². The molecule has 0 aliphatic rings. The maximum Gasteiger partial charge on any atom is 0.349 e. The summed E-state index contributed by atoms with van der Waals surface area (Å²) in [6, 6.07) is 4.94. The van der Waals surface area contributed by atoms with Gasteiger partial charge in [0.05, 0.1) is 24.9 Å². The number of halogens is 2. The van der Waals surface area contributed by atoms with E-state index in [1.807, 2.05) is 0 Å². The van der Waals surface area contributed by atoms with Gasteiger partial charge in [-0.15, -0.1) is 0 Å². The zero-order valence-corrected chi connectivity index (χ0v) is 15.0. The number of nitrogens with one attached hydrogen (secondary N) is 1. The third kappa shape index (κ3) is 5.36. The second kappa shape index (κ2) is 8.86. The molecule has 2 aromatic rings. The Morgan fingerprint density at radius 1 is 1.33 bits per heavy atom. The molecule has 0 aliphatic heterocycles. The predicted molar refractivity (Wildman–Crippen MR) is 93.3 cm³/mol. The molecular weight excluding hydrogens is 375 g/mol. The van der Waals surface area contributed by atoms with E-state index in [0.717, 1.165) is 11.3 Å². The fourth-order valence-electron chi connectivity index (χ4n) is 1.72. The van der Waals surface area contributed by atoms with Crippen molar-refractivity contribution in [1.29, 1.82) is 0 Å². The number of carbonyl (C=O) groups excluding carboxylic acids is 2. The topological polar surface area (TPSA) is 77.5 Å². The number of nitrogens with zero attached hydrogens (tertiary/aromatic N) is 1. The molecule has 1 N–H and O–H groups in total. The van der Waals surface area contributed by atoms with E-state index < -0.39 is 5.97 Å². The number of methoxy groups -OCH3 is 1. The fraction of sp³-hybridized carbons (Fsp3) is 0.267. The highest BCUT2D eigenvalue weighted by Crippen LogP contribution is 2.27. The van der Waals surface area contributed by atoms with E-state index in [2.05, 4.69) is 15.0 Å². The van der Waals surface area contributed by atoms with E-state index >= 15 is 0 Å². The Bertz CT molecular complexity index is 736. The molecule has 0 saturated heterocycles. The third-order valence-corrected chi connectivity index (χ3v) is 4.26. The Balaban J connectivity index is 1.73. The molecule has 9 heteroatoms. The number of amides is 1. The van der Waals surface area contributed by atoms with Crippen LogP contribution in [0.25, 0.3) is 0 Å². The molecule has 1 heterocycles. The molecule has 1 aromatic heterocycles. The minimum atomic E-state index is -0.485. The first kappa shape index (κ1) is 18.5. The molecule has 2 rings (SSSR count). The molecule has 0 fully saturated rings. The molecular formula is C15H14Cl2N2O4S. The third-order valence-electron chi connectivity index (χ3n) is 2.84. The predicted octanol–water partition coefficient (Wildman–Crippen LogP) is 4.03. The van der Waals surface area contributed by atoms with E-state index in [4.69, 9.17) is 27.9 Å². The van der Waals surface area contributed by atoms with E-state index in [1.165, 1.54) is 13.3 Å². The lowest BCUT2D eigenvalue weighted by atomic mass is 10.3. The quantitative estimate of drug-likeness (QED) is 0.571. The van der Waals surface area contributed by atoms with Gasteiger partial charge in [0, 0.05) is 11.4 Å². The molecule has 0 saturated carbocycles. The van der Waals surface area contributed by atoms with Gasteiger partial charge in [0.15, 0.2) is 5.13 Å². The van der Waals surface area contributed by atoms with Crippen molar-refractivity contribution in [3.8, 4) is 5.75 Å². The number of hydrogen-bond donors (Lipinski definition) is 1. The highest BCUT2D eigenvalue weighted by atomic mass is 35.5. The van der Waals surface area contributed by atoms with Gasteiger partial charge in [0.2, 0.25) is 5.91 Å². The number of anilines is 1. The Labute approximate surface area is 152 Å². The van der Waals surface area contributed by atoms with Crippen LogP contribution in [0.3, 0.4) is 0 Å². The molecule has 0 spiro atoms. The molecule has 0 unspecified atom stereocenters. The summed E-state index contributed by atoms with van der Waals surface area (Å²) in [5.74, 6) is -0.183. The number of aromatic nitrogens is 1. The Morgan fingerprint density at radius 3 is 2.83 bits per heavy atom. The van der Waals surface area contributed by atoms with E-state index in [0.29, 0.717) is 38.8 Å². The van der Waals surface area contributed by atoms with Crippen LogP contribution in [0, 0.1) is 0 Å². The van der Waals surface area contributed by atoms with Crippen LogP contribution >= 0.6 is 34.5 Å².